The zero-order chi connectivity index (χ0) is 22.1. The van der Waals surface area contributed by atoms with Crippen molar-refractivity contribution >= 4 is 16.5 Å². The third-order valence-electron chi connectivity index (χ3n) is 5.96. The number of aryl methyl sites for hydroxylation is 1. The minimum Gasteiger partial charge on any atom is -0.493 e. The SMILES string of the molecule is COc1cccc(CNc2nc(C)c(-c3ccn(C4Cc5ccccc5C4)n3)s2)c1OC. The average molecular weight is 447 g/mol. The molecule has 1 aliphatic rings. The fourth-order valence-corrected chi connectivity index (χ4v) is 5.29. The molecule has 1 N–H and O–H groups in total. The van der Waals surface area contributed by atoms with Crippen LogP contribution in [0.2, 0.25) is 0 Å². The Labute approximate surface area is 191 Å². The summed E-state index contributed by atoms with van der Waals surface area (Å²) in [5, 5.41) is 9.21. The lowest BCUT2D eigenvalue weighted by atomic mass is 10.1. The van der Waals surface area contributed by atoms with Crippen LogP contribution in [0.25, 0.3) is 10.6 Å². The molecule has 0 spiro atoms. The summed E-state index contributed by atoms with van der Waals surface area (Å²) in [5.74, 6) is 1.47. The molecule has 5 rings (SSSR count). The predicted molar refractivity (Wildman–Crippen MR) is 128 cm³/mol. The number of fused-ring (bicyclic) bond motifs is 1. The van der Waals surface area contributed by atoms with E-state index in [-0.39, 0.29) is 0 Å². The first-order valence-electron chi connectivity index (χ1n) is 10.7. The van der Waals surface area contributed by atoms with E-state index in [1.807, 2.05) is 25.1 Å². The molecule has 4 aromatic rings. The van der Waals surface area contributed by atoms with E-state index in [2.05, 4.69) is 46.5 Å². The number of nitrogens with one attached hydrogen (secondary N) is 1. The van der Waals surface area contributed by atoms with Crippen molar-refractivity contribution in [2.75, 3.05) is 19.5 Å². The van der Waals surface area contributed by atoms with E-state index in [0.29, 0.717) is 12.6 Å². The third kappa shape index (κ3) is 3.84. The molecule has 7 heteroatoms. The molecule has 0 fully saturated rings. The molecule has 2 aromatic heterocycles. The van der Waals surface area contributed by atoms with E-state index < -0.39 is 0 Å². The second-order valence-corrected chi connectivity index (χ2v) is 8.95. The van der Waals surface area contributed by atoms with Crippen molar-refractivity contribution in [2.45, 2.75) is 32.4 Å². The number of nitrogens with zero attached hydrogens (tertiary/aromatic N) is 3. The van der Waals surface area contributed by atoms with Gasteiger partial charge in [0.05, 0.1) is 30.8 Å². The second-order valence-electron chi connectivity index (χ2n) is 7.95. The van der Waals surface area contributed by atoms with E-state index in [1.54, 1.807) is 25.6 Å². The lowest BCUT2D eigenvalue weighted by molar-refractivity contribution is 0.352. The number of thiazole rings is 1. The van der Waals surface area contributed by atoms with Gasteiger partial charge >= 0.3 is 0 Å². The summed E-state index contributed by atoms with van der Waals surface area (Å²) < 4.78 is 13.0. The largest absolute Gasteiger partial charge is 0.493 e. The molecular weight excluding hydrogens is 420 g/mol. The highest BCUT2D eigenvalue weighted by molar-refractivity contribution is 7.19. The molecule has 6 nitrogen and oxygen atoms in total. The lowest BCUT2D eigenvalue weighted by Crippen LogP contribution is -2.09. The number of aromatic nitrogens is 3. The molecule has 0 unspecified atom stereocenters. The van der Waals surface area contributed by atoms with Gasteiger partial charge in [0.15, 0.2) is 16.6 Å². The lowest BCUT2D eigenvalue weighted by Gasteiger charge is -2.12. The van der Waals surface area contributed by atoms with E-state index >= 15 is 0 Å². The van der Waals surface area contributed by atoms with E-state index in [1.165, 1.54) is 11.1 Å². The minimum atomic E-state index is 0.382. The van der Waals surface area contributed by atoms with Gasteiger partial charge in [-0.2, -0.15) is 5.10 Å². The normalized spacial score (nSPS) is 13.2. The molecule has 164 valence electrons. The minimum absolute atomic E-state index is 0.382. The Kier molecular flexibility index (Phi) is 5.57. The molecular formula is C25H26N4O2S. The molecule has 32 heavy (non-hydrogen) atoms. The van der Waals surface area contributed by atoms with Crippen LogP contribution in [0.5, 0.6) is 11.5 Å². The standard InChI is InChI=1S/C25H26N4O2S/c1-16-24(21-11-12-29(28-21)20-13-17-7-4-5-8-18(17)14-20)32-25(27-16)26-15-19-9-6-10-22(30-2)23(19)31-3/h4-12,20H,13-15H2,1-3H3,(H,26,27). The zero-order valence-electron chi connectivity index (χ0n) is 18.5. The average Bonchev–Trinajstić information content (AvgIpc) is 3.54. The quantitative estimate of drug-likeness (QED) is 0.418. The number of hydrogen-bond donors (Lipinski definition) is 1. The van der Waals surface area contributed by atoms with Crippen LogP contribution in [-0.4, -0.2) is 29.0 Å². The van der Waals surface area contributed by atoms with E-state index in [9.17, 15) is 0 Å². The smallest absolute Gasteiger partial charge is 0.183 e. The zero-order valence-corrected chi connectivity index (χ0v) is 19.3. The highest BCUT2D eigenvalue weighted by Gasteiger charge is 2.23. The molecule has 2 aromatic carbocycles. The third-order valence-corrected chi connectivity index (χ3v) is 7.09. The van der Waals surface area contributed by atoms with E-state index in [0.717, 1.165) is 51.3 Å². The summed E-state index contributed by atoms with van der Waals surface area (Å²) in [4.78, 5) is 5.82. The molecule has 0 radical (unpaired) electrons. The van der Waals surface area contributed by atoms with Gasteiger partial charge in [-0.15, -0.1) is 0 Å². The molecule has 0 bridgehead atoms. The Balaban J connectivity index is 1.31. The monoisotopic (exact) mass is 446 g/mol. The molecule has 0 amide bonds. The van der Waals surface area contributed by atoms with Crippen molar-refractivity contribution in [1.82, 2.24) is 14.8 Å². The fraction of sp³-hybridized carbons (Fsp3) is 0.280. The van der Waals surface area contributed by atoms with Crippen LogP contribution in [0.4, 0.5) is 5.13 Å². The Bertz CT molecular complexity index is 1220. The first kappa shape index (κ1) is 20.6. The Morgan fingerprint density at radius 2 is 1.81 bits per heavy atom. The van der Waals surface area contributed by atoms with E-state index in [4.69, 9.17) is 19.6 Å². The number of methoxy groups -OCH3 is 2. The number of anilines is 1. The Hall–Kier alpha value is -3.32. The van der Waals surface area contributed by atoms with Crippen molar-refractivity contribution in [3.05, 3.63) is 77.1 Å². The van der Waals surface area contributed by atoms with Gasteiger partial charge in [-0.1, -0.05) is 47.7 Å². The van der Waals surface area contributed by atoms with Crippen molar-refractivity contribution in [1.29, 1.82) is 0 Å². The number of para-hydroxylation sites is 1. The predicted octanol–water partition coefficient (Wildman–Crippen LogP) is 5.28. The Morgan fingerprint density at radius 1 is 1.03 bits per heavy atom. The summed E-state index contributed by atoms with van der Waals surface area (Å²) in [5.41, 5.74) is 5.84. The fourth-order valence-electron chi connectivity index (χ4n) is 4.36. The summed E-state index contributed by atoms with van der Waals surface area (Å²) in [6, 6.07) is 17.0. The maximum absolute atomic E-state index is 5.53. The highest BCUT2D eigenvalue weighted by Crippen LogP contribution is 2.35. The molecule has 1 aliphatic carbocycles. The van der Waals surface area contributed by atoms with Crippen LogP contribution >= 0.6 is 11.3 Å². The summed E-state index contributed by atoms with van der Waals surface area (Å²) in [6.45, 7) is 2.63. The van der Waals surface area contributed by atoms with Crippen LogP contribution in [0.15, 0.2) is 54.7 Å². The van der Waals surface area contributed by atoms with Gasteiger partial charge in [0.25, 0.3) is 0 Å². The van der Waals surface area contributed by atoms with Gasteiger partial charge in [0.2, 0.25) is 0 Å². The second kappa shape index (κ2) is 8.67. The van der Waals surface area contributed by atoms with Gasteiger partial charge < -0.3 is 14.8 Å². The topological polar surface area (TPSA) is 61.2 Å². The van der Waals surface area contributed by atoms with Gasteiger partial charge in [-0.05, 0) is 43.0 Å². The number of hydrogen-bond acceptors (Lipinski definition) is 6. The first-order valence-corrected chi connectivity index (χ1v) is 11.5. The first-order chi connectivity index (χ1) is 15.7. The number of ether oxygens (including phenoxy) is 2. The van der Waals surface area contributed by atoms with Crippen molar-refractivity contribution in [3.63, 3.8) is 0 Å². The van der Waals surface area contributed by atoms with Gasteiger partial charge in [0.1, 0.15) is 5.69 Å². The summed E-state index contributed by atoms with van der Waals surface area (Å²) >= 11 is 1.63. The van der Waals surface area contributed by atoms with Crippen molar-refractivity contribution in [3.8, 4) is 22.1 Å². The van der Waals surface area contributed by atoms with Crippen molar-refractivity contribution < 1.29 is 9.47 Å². The van der Waals surface area contributed by atoms with Gasteiger partial charge in [-0.3, -0.25) is 4.68 Å². The van der Waals surface area contributed by atoms with Crippen LogP contribution in [0.1, 0.15) is 28.4 Å². The molecule has 0 saturated heterocycles. The molecule has 2 heterocycles. The molecule has 0 saturated carbocycles. The maximum atomic E-state index is 5.53. The van der Waals surface area contributed by atoms with Gasteiger partial charge in [-0.25, -0.2) is 4.98 Å². The maximum Gasteiger partial charge on any atom is 0.183 e. The summed E-state index contributed by atoms with van der Waals surface area (Å²) in [6.07, 6.45) is 4.17. The number of benzene rings is 2. The van der Waals surface area contributed by atoms with Crippen LogP contribution < -0.4 is 14.8 Å². The summed E-state index contributed by atoms with van der Waals surface area (Å²) in [7, 11) is 3.31. The molecule has 0 aliphatic heterocycles. The highest BCUT2D eigenvalue weighted by atomic mass is 32.1. The van der Waals surface area contributed by atoms with Crippen LogP contribution in [0.3, 0.4) is 0 Å². The van der Waals surface area contributed by atoms with Crippen molar-refractivity contribution in [2.24, 2.45) is 0 Å². The Morgan fingerprint density at radius 3 is 2.53 bits per heavy atom. The van der Waals surface area contributed by atoms with Crippen LogP contribution in [-0.2, 0) is 19.4 Å². The van der Waals surface area contributed by atoms with Gasteiger partial charge in [0, 0.05) is 18.3 Å². The number of rotatable bonds is 7. The molecule has 0 atom stereocenters. The van der Waals surface area contributed by atoms with Crippen LogP contribution in [0, 0.1) is 6.92 Å².